The maximum absolute atomic E-state index is 2.89. The third-order valence-electron chi connectivity index (χ3n) is 3.64. The van der Waals surface area contributed by atoms with Crippen LogP contribution in [0.15, 0.2) is 182 Å². The van der Waals surface area contributed by atoms with E-state index in [0.717, 1.165) is 0 Å². The van der Waals surface area contributed by atoms with E-state index in [1.807, 2.05) is 182 Å². The Bertz CT molecular complexity index is 694. The molecule has 208 valence electrons. The standard InChI is InChI=1S/6C6H5.ClH.2Pd/c6*1-2-4-6-5-3-1;;;/h6*1-5H;1H;;/q6*-1;;;. The molecule has 0 unspecified atom stereocenters. The van der Waals surface area contributed by atoms with Crippen LogP contribution >= 0.6 is 12.4 Å². The van der Waals surface area contributed by atoms with Gasteiger partial charge in [0.15, 0.2) is 0 Å². The van der Waals surface area contributed by atoms with Crippen LogP contribution in [0.4, 0.5) is 0 Å². The van der Waals surface area contributed by atoms with E-state index in [0.29, 0.717) is 0 Å². The molecule has 6 aromatic carbocycles. The van der Waals surface area contributed by atoms with Gasteiger partial charge in [-0.05, 0) is 0 Å². The molecule has 0 heterocycles. The number of hydrogen-bond donors (Lipinski definition) is 0. The Labute approximate surface area is 269 Å². The summed E-state index contributed by atoms with van der Waals surface area (Å²) in [5.41, 5.74) is 0. The predicted molar refractivity (Wildman–Crippen MR) is 159 cm³/mol. The van der Waals surface area contributed by atoms with Gasteiger partial charge in [-0.25, -0.2) is 0 Å². The van der Waals surface area contributed by atoms with E-state index in [1.54, 1.807) is 0 Å². The van der Waals surface area contributed by atoms with Gasteiger partial charge in [-0.15, -0.1) is 12.4 Å². The molecule has 0 spiro atoms. The molecule has 0 amide bonds. The molecule has 0 aliphatic rings. The number of halogens is 1. The van der Waals surface area contributed by atoms with Gasteiger partial charge in [-0.1, -0.05) is 0 Å². The Hall–Kier alpha value is -3.07. The fourth-order valence-electron chi connectivity index (χ4n) is 2.05. The summed E-state index contributed by atoms with van der Waals surface area (Å²) in [6.45, 7) is 0. The first-order chi connectivity index (χ1) is 18.0. The molecular weight excluding hydrogens is 681 g/mol. The van der Waals surface area contributed by atoms with E-state index in [4.69, 9.17) is 0 Å². The van der Waals surface area contributed by atoms with Crippen molar-refractivity contribution in [1.82, 2.24) is 0 Å². The minimum atomic E-state index is 0. The number of rotatable bonds is 0. The average molecular weight is 712 g/mol. The smallest absolute Gasteiger partial charge is 0 e. The molecule has 0 saturated heterocycles. The van der Waals surface area contributed by atoms with E-state index in [1.165, 1.54) is 0 Å². The maximum atomic E-state index is 2.89. The molecule has 0 N–H and O–H groups in total. The Morgan fingerprint density at radius 1 is 0.179 bits per heavy atom. The Kier molecular flexibility index (Phi) is 38.4. The van der Waals surface area contributed by atoms with Crippen LogP contribution in [-0.2, 0) is 40.8 Å². The largest absolute Gasteiger partial charge is 0.184 e. The second-order valence-electron chi connectivity index (χ2n) is 6.46. The van der Waals surface area contributed by atoms with Crippen molar-refractivity contribution >= 4 is 12.4 Å². The van der Waals surface area contributed by atoms with Crippen molar-refractivity contribution in [2.45, 2.75) is 0 Å². The zero-order valence-corrected chi connectivity index (χ0v) is 25.3. The fraction of sp³-hybridized carbons (Fsp3) is 0. The topological polar surface area (TPSA) is 0 Å². The first-order valence-corrected chi connectivity index (χ1v) is 11.5. The summed E-state index contributed by atoms with van der Waals surface area (Å²) < 4.78 is 0. The molecule has 0 nitrogen and oxygen atoms in total. The summed E-state index contributed by atoms with van der Waals surface area (Å²) in [5.74, 6) is 0. The SMILES string of the molecule is Cl.[Pd].[Pd].[c-]1ccccc1.[c-]1ccccc1.[c-]1ccccc1.[c-]1ccccc1.[c-]1ccccc1.[c-]1ccccc1. The second kappa shape index (κ2) is 37.1. The Morgan fingerprint density at radius 3 is 0.308 bits per heavy atom. The van der Waals surface area contributed by atoms with Gasteiger partial charge < -0.3 is 0 Å². The normalized spacial score (nSPS) is 7.38. The minimum Gasteiger partial charge on any atom is -0.184 e. The summed E-state index contributed by atoms with van der Waals surface area (Å²) in [6.07, 6.45) is 0. The molecule has 0 aromatic heterocycles. The van der Waals surface area contributed by atoms with Gasteiger partial charge in [0.1, 0.15) is 0 Å². The van der Waals surface area contributed by atoms with Crippen molar-refractivity contribution in [3.05, 3.63) is 218 Å². The monoisotopic (exact) mass is 710 g/mol. The van der Waals surface area contributed by atoms with E-state index >= 15 is 0 Å². The molecule has 0 aliphatic carbocycles. The van der Waals surface area contributed by atoms with Crippen LogP contribution in [0.25, 0.3) is 0 Å². The molecule has 0 aliphatic heterocycles. The quantitative estimate of drug-likeness (QED) is 0.109. The van der Waals surface area contributed by atoms with Gasteiger partial charge in [-0.3, -0.25) is 0 Å². The van der Waals surface area contributed by atoms with E-state index in [-0.39, 0.29) is 53.3 Å². The van der Waals surface area contributed by atoms with Crippen LogP contribution in [0.5, 0.6) is 0 Å². The van der Waals surface area contributed by atoms with Crippen LogP contribution < -0.4 is 0 Å². The van der Waals surface area contributed by atoms with Crippen LogP contribution in [0.2, 0.25) is 0 Å². The molecule has 0 atom stereocenters. The first-order valence-electron chi connectivity index (χ1n) is 11.5. The second-order valence-corrected chi connectivity index (χ2v) is 6.46. The van der Waals surface area contributed by atoms with Crippen molar-refractivity contribution in [1.29, 1.82) is 0 Å². The summed E-state index contributed by atoms with van der Waals surface area (Å²) >= 11 is 0. The van der Waals surface area contributed by atoms with Crippen LogP contribution in [0.3, 0.4) is 0 Å². The predicted octanol–water partition coefficient (Wildman–Crippen LogP) is 9.34. The molecule has 6 aromatic rings. The minimum absolute atomic E-state index is 0. The first kappa shape index (κ1) is 40.4. The average Bonchev–Trinajstić information content (AvgIpc) is 3.04. The van der Waals surface area contributed by atoms with Gasteiger partial charge in [0.25, 0.3) is 0 Å². The third-order valence-corrected chi connectivity index (χ3v) is 3.64. The Morgan fingerprint density at radius 2 is 0.282 bits per heavy atom. The summed E-state index contributed by atoms with van der Waals surface area (Å²) in [4.78, 5) is 0. The van der Waals surface area contributed by atoms with Crippen molar-refractivity contribution < 1.29 is 40.8 Å². The number of benzene rings is 6. The molecule has 0 bridgehead atoms. The maximum Gasteiger partial charge on any atom is 0 e. The van der Waals surface area contributed by atoms with E-state index < -0.39 is 0 Å². The third kappa shape index (κ3) is 34.9. The van der Waals surface area contributed by atoms with Crippen molar-refractivity contribution in [2.24, 2.45) is 0 Å². The van der Waals surface area contributed by atoms with Crippen LogP contribution in [-0.4, -0.2) is 0 Å². The van der Waals surface area contributed by atoms with E-state index in [9.17, 15) is 0 Å². The molecular formula is C36H31ClPd2-6. The van der Waals surface area contributed by atoms with Crippen LogP contribution in [0.1, 0.15) is 0 Å². The van der Waals surface area contributed by atoms with E-state index in [2.05, 4.69) is 36.4 Å². The number of hydrogen-bond acceptors (Lipinski definition) is 0. The van der Waals surface area contributed by atoms with Crippen LogP contribution in [0, 0.1) is 36.4 Å². The molecule has 39 heavy (non-hydrogen) atoms. The molecule has 0 fully saturated rings. The van der Waals surface area contributed by atoms with Gasteiger partial charge in [0.2, 0.25) is 0 Å². The van der Waals surface area contributed by atoms with Crippen molar-refractivity contribution in [3.8, 4) is 0 Å². The van der Waals surface area contributed by atoms with Crippen molar-refractivity contribution in [2.75, 3.05) is 0 Å². The zero-order chi connectivity index (χ0) is 25.5. The summed E-state index contributed by atoms with van der Waals surface area (Å²) in [5, 5.41) is 0. The molecule has 3 heteroatoms. The summed E-state index contributed by atoms with van der Waals surface area (Å²) in [7, 11) is 0. The van der Waals surface area contributed by atoms with Gasteiger partial charge in [0.05, 0.1) is 0 Å². The fourth-order valence-corrected chi connectivity index (χ4v) is 2.05. The Balaban J connectivity index is -0.000000393. The van der Waals surface area contributed by atoms with Crippen molar-refractivity contribution in [3.63, 3.8) is 0 Å². The summed E-state index contributed by atoms with van der Waals surface area (Å²) in [6, 6.07) is 75.0. The zero-order valence-electron chi connectivity index (χ0n) is 21.4. The molecule has 0 saturated carbocycles. The van der Waals surface area contributed by atoms with Gasteiger partial charge in [0, 0.05) is 40.8 Å². The molecule has 6 rings (SSSR count). The molecule has 0 radical (unpaired) electrons. The van der Waals surface area contributed by atoms with Gasteiger partial charge in [-0.2, -0.15) is 218 Å². The van der Waals surface area contributed by atoms with Gasteiger partial charge >= 0.3 is 0 Å².